The molecular formula is C10H12ClNO3. The highest BCUT2D eigenvalue weighted by molar-refractivity contribution is 6.33. The van der Waals surface area contributed by atoms with Crippen LogP contribution in [-0.4, -0.2) is 13.1 Å². The van der Waals surface area contributed by atoms with Crippen LogP contribution in [0.4, 0.5) is 0 Å². The standard InChI is InChI=1S/C10H12ClNO3/c1-6(15-12)7-3-4-8(9(11)5-7)10(13)14-2/h3-6H,12H2,1-2H3. The molecule has 82 valence electrons. The van der Waals surface area contributed by atoms with Gasteiger partial charge in [0.2, 0.25) is 0 Å². The smallest absolute Gasteiger partial charge is 0.339 e. The normalized spacial score (nSPS) is 12.3. The highest BCUT2D eigenvalue weighted by atomic mass is 35.5. The SMILES string of the molecule is COC(=O)c1ccc(C(C)ON)cc1Cl. The van der Waals surface area contributed by atoms with Gasteiger partial charge in [0.25, 0.3) is 0 Å². The minimum absolute atomic E-state index is 0.269. The summed E-state index contributed by atoms with van der Waals surface area (Å²) in [6, 6.07) is 4.93. The molecule has 0 saturated carbocycles. The van der Waals surface area contributed by atoms with Crippen molar-refractivity contribution in [3.8, 4) is 0 Å². The molecule has 2 N–H and O–H groups in total. The molecule has 0 radical (unpaired) electrons. The molecule has 0 bridgehead atoms. The Morgan fingerprint density at radius 1 is 1.53 bits per heavy atom. The van der Waals surface area contributed by atoms with Crippen molar-refractivity contribution in [2.45, 2.75) is 13.0 Å². The van der Waals surface area contributed by atoms with Crippen LogP contribution >= 0.6 is 11.6 Å². The van der Waals surface area contributed by atoms with Gasteiger partial charge >= 0.3 is 5.97 Å². The van der Waals surface area contributed by atoms with E-state index in [1.165, 1.54) is 7.11 Å². The third-order valence-corrected chi connectivity index (χ3v) is 2.38. The molecule has 1 aromatic rings. The van der Waals surface area contributed by atoms with Gasteiger partial charge in [0.15, 0.2) is 0 Å². The predicted octanol–water partition coefficient (Wildman–Crippen LogP) is 2.08. The van der Waals surface area contributed by atoms with Gasteiger partial charge in [-0.2, -0.15) is 0 Å². The summed E-state index contributed by atoms with van der Waals surface area (Å²) < 4.78 is 4.56. The molecule has 0 aliphatic carbocycles. The molecule has 0 aliphatic rings. The molecule has 15 heavy (non-hydrogen) atoms. The Labute approximate surface area is 92.9 Å². The van der Waals surface area contributed by atoms with Crippen LogP contribution in [0.15, 0.2) is 18.2 Å². The molecular weight excluding hydrogens is 218 g/mol. The van der Waals surface area contributed by atoms with Gasteiger partial charge in [-0.3, -0.25) is 4.84 Å². The van der Waals surface area contributed by atoms with Crippen LogP contribution in [0, 0.1) is 0 Å². The van der Waals surface area contributed by atoms with Crippen LogP contribution in [0.25, 0.3) is 0 Å². The third-order valence-electron chi connectivity index (χ3n) is 2.07. The number of nitrogens with two attached hydrogens (primary N) is 1. The summed E-state index contributed by atoms with van der Waals surface area (Å²) in [7, 11) is 1.30. The van der Waals surface area contributed by atoms with Crippen molar-refractivity contribution in [2.75, 3.05) is 7.11 Å². The van der Waals surface area contributed by atoms with Crippen molar-refractivity contribution in [2.24, 2.45) is 5.90 Å². The van der Waals surface area contributed by atoms with Crippen LogP contribution in [0.3, 0.4) is 0 Å². The van der Waals surface area contributed by atoms with E-state index in [-0.39, 0.29) is 6.10 Å². The van der Waals surface area contributed by atoms with E-state index in [0.29, 0.717) is 10.6 Å². The molecule has 1 rings (SSSR count). The van der Waals surface area contributed by atoms with E-state index in [1.807, 2.05) is 0 Å². The Kier molecular flexibility index (Phi) is 4.08. The van der Waals surface area contributed by atoms with Gasteiger partial charge in [-0.1, -0.05) is 17.7 Å². The molecule has 1 unspecified atom stereocenters. The van der Waals surface area contributed by atoms with Gasteiger partial charge in [-0.25, -0.2) is 10.7 Å². The maximum absolute atomic E-state index is 11.2. The minimum Gasteiger partial charge on any atom is -0.465 e. The van der Waals surface area contributed by atoms with Crippen LogP contribution in [0.1, 0.15) is 28.9 Å². The van der Waals surface area contributed by atoms with Crippen molar-refractivity contribution in [1.82, 2.24) is 0 Å². The summed E-state index contributed by atoms with van der Waals surface area (Å²) in [6.07, 6.45) is -0.269. The molecule has 4 nitrogen and oxygen atoms in total. The molecule has 5 heteroatoms. The Bertz CT molecular complexity index is 368. The second kappa shape index (κ2) is 5.11. The quantitative estimate of drug-likeness (QED) is 0.637. The first-order chi connectivity index (χ1) is 7.10. The largest absolute Gasteiger partial charge is 0.465 e. The minimum atomic E-state index is -0.465. The first kappa shape index (κ1) is 12.0. The number of methoxy groups -OCH3 is 1. The fourth-order valence-electron chi connectivity index (χ4n) is 1.14. The first-order valence-corrected chi connectivity index (χ1v) is 4.71. The zero-order chi connectivity index (χ0) is 11.4. The highest BCUT2D eigenvalue weighted by Crippen LogP contribution is 2.23. The van der Waals surface area contributed by atoms with E-state index in [1.54, 1.807) is 25.1 Å². The fraction of sp³-hybridized carbons (Fsp3) is 0.300. The van der Waals surface area contributed by atoms with Crippen molar-refractivity contribution in [3.05, 3.63) is 34.3 Å². The number of hydrogen-bond donors (Lipinski definition) is 1. The first-order valence-electron chi connectivity index (χ1n) is 4.33. The summed E-state index contributed by atoms with van der Waals surface area (Å²) in [5, 5.41) is 0.322. The zero-order valence-corrected chi connectivity index (χ0v) is 9.25. The van der Waals surface area contributed by atoms with Crippen LogP contribution in [-0.2, 0) is 9.57 Å². The molecule has 1 aromatic carbocycles. The van der Waals surface area contributed by atoms with Gasteiger partial charge in [-0.15, -0.1) is 0 Å². The molecule has 0 heterocycles. The fourth-order valence-corrected chi connectivity index (χ4v) is 1.40. The third kappa shape index (κ3) is 2.68. The molecule has 1 atom stereocenters. The van der Waals surface area contributed by atoms with Gasteiger partial charge in [0, 0.05) is 0 Å². The van der Waals surface area contributed by atoms with E-state index < -0.39 is 5.97 Å². The second-order valence-electron chi connectivity index (χ2n) is 3.01. The number of benzene rings is 1. The zero-order valence-electron chi connectivity index (χ0n) is 8.49. The number of esters is 1. The van der Waals surface area contributed by atoms with E-state index in [0.717, 1.165) is 5.56 Å². The molecule has 0 aromatic heterocycles. The van der Waals surface area contributed by atoms with Gasteiger partial charge in [0.1, 0.15) is 6.10 Å². The monoisotopic (exact) mass is 229 g/mol. The Hall–Kier alpha value is -1.10. The summed E-state index contributed by atoms with van der Waals surface area (Å²) in [5.41, 5.74) is 1.13. The average Bonchev–Trinajstić information content (AvgIpc) is 2.26. The average molecular weight is 230 g/mol. The number of hydrogen-bond acceptors (Lipinski definition) is 4. The number of carbonyl (C=O) groups is 1. The molecule has 0 aliphatic heterocycles. The lowest BCUT2D eigenvalue weighted by Crippen LogP contribution is -2.07. The summed E-state index contributed by atoms with van der Waals surface area (Å²) in [5.74, 6) is 4.58. The number of halogens is 1. The Morgan fingerprint density at radius 3 is 2.67 bits per heavy atom. The molecule has 0 amide bonds. The van der Waals surface area contributed by atoms with Crippen LogP contribution in [0.2, 0.25) is 5.02 Å². The van der Waals surface area contributed by atoms with E-state index in [4.69, 9.17) is 17.5 Å². The topological polar surface area (TPSA) is 61.5 Å². The number of rotatable bonds is 3. The Morgan fingerprint density at radius 2 is 2.20 bits per heavy atom. The van der Waals surface area contributed by atoms with E-state index in [9.17, 15) is 4.79 Å². The van der Waals surface area contributed by atoms with Crippen LogP contribution < -0.4 is 5.90 Å². The van der Waals surface area contributed by atoms with Gasteiger partial charge in [-0.05, 0) is 24.6 Å². The van der Waals surface area contributed by atoms with Crippen molar-refractivity contribution >= 4 is 17.6 Å². The number of ether oxygens (including phenoxy) is 1. The van der Waals surface area contributed by atoms with Gasteiger partial charge in [0.05, 0.1) is 17.7 Å². The lowest BCUT2D eigenvalue weighted by molar-refractivity contribution is 0.0598. The van der Waals surface area contributed by atoms with Gasteiger partial charge < -0.3 is 4.74 Å². The summed E-state index contributed by atoms with van der Waals surface area (Å²) >= 11 is 5.91. The molecule has 0 spiro atoms. The predicted molar refractivity (Wildman–Crippen MR) is 56.5 cm³/mol. The molecule has 0 fully saturated rings. The van der Waals surface area contributed by atoms with Crippen LogP contribution in [0.5, 0.6) is 0 Å². The lowest BCUT2D eigenvalue weighted by Gasteiger charge is -2.10. The second-order valence-corrected chi connectivity index (χ2v) is 3.42. The van der Waals surface area contributed by atoms with Crippen molar-refractivity contribution in [3.63, 3.8) is 0 Å². The van der Waals surface area contributed by atoms with E-state index in [2.05, 4.69) is 9.57 Å². The van der Waals surface area contributed by atoms with E-state index >= 15 is 0 Å². The lowest BCUT2D eigenvalue weighted by atomic mass is 10.1. The Balaban J connectivity index is 3.03. The highest BCUT2D eigenvalue weighted by Gasteiger charge is 2.13. The van der Waals surface area contributed by atoms with Crippen molar-refractivity contribution in [1.29, 1.82) is 0 Å². The molecule has 0 saturated heterocycles. The maximum Gasteiger partial charge on any atom is 0.339 e. The summed E-state index contributed by atoms with van der Waals surface area (Å²) in [6.45, 7) is 1.78. The number of carbonyl (C=O) groups excluding carboxylic acids is 1. The van der Waals surface area contributed by atoms with Crippen molar-refractivity contribution < 1.29 is 14.4 Å². The summed E-state index contributed by atoms with van der Waals surface area (Å²) in [4.78, 5) is 15.9. The maximum atomic E-state index is 11.2.